The Morgan fingerprint density at radius 2 is 1.88 bits per heavy atom. The fourth-order valence-corrected chi connectivity index (χ4v) is 5.14. The number of hydrogen-bond donors (Lipinski definition) is 1. The van der Waals surface area contributed by atoms with Crippen molar-refractivity contribution in [3.63, 3.8) is 0 Å². The molecule has 0 spiro atoms. The van der Waals surface area contributed by atoms with Gasteiger partial charge in [-0.1, -0.05) is 42.5 Å². The zero-order chi connectivity index (χ0) is 21.9. The number of fused-ring (bicyclic) bond motifs is 1. The fraction of sp³-hybridized carbons (Fsp3) is 0.167. The summed E-state index contributed by atoms with van der Waals surface area (Å²) in [6.45, 7) is 2.19. The van der Waals surface area contributed by atoms with Crippen molar-refractivity contribution >= 4 is 29.0 Å². The highest BCUT2D eigenvalue weighted by molar-refractivity contribution is 7.99. The molecule has 0 fully saturated rings. The van der Waals surface area contributed by atoms with E-state index in [0.717, 1.165) is 38.8 Å². The molecule has 1 N–H and O–H groups in total. The summed E-state index contributed by atoms with van der Waals surface area (Å²) in [7, 11) is 0. The molecule has 32 heavy (non-hydrogen) atoms. The van der Waals surface area contributed by atoms with Crippen LogP contribution in [0.25, 0.3) is 5.69 Å². The van der Waals surface area contributed by atoms with E-state index < -0.39 is 0 Å². The summed E-state index contributed by atoms with van der Waals surface area (Å²) < 4.78 is 1.62. The van der Waals surface area contributed by atoms with Gasteiger partial charge in [0.1, 0.15) is 6.33 Å². The number of aryl methyl sites for hydroxylation is 1. The van der Waals surface area contributed by atoms with Crippen LogP contribution in [0.3, 0.4) is 0 Å². The summed E-state index contributed by atoms with van der Waals surface area (Å²) in [5, 5.41) is 14.6. The van der Waals surface area contributed by atoms with Crippen LogP contribution >= 0.6 is 11.8 Å². The zero-order valence-electron chi connectivity index (χ0n) is 17.5. The lowest BCUT2D eigenvalue weighted by Gasteiger charge is -2.37. The van der Waals surface area contributed by atoms with Crippen molar-refractivity contribution in [3.8, 4) is 5.69 Å². The van der Waals surface area contributed by atoms with Gasteiger partial charge < -0.3 is 10.2 Å². The molecule has 1 aromatic heterocycles. The summed E-state index contributed by atoms with van der Waals surface area (Å²) in [4.78, 5) is 16.6. The second-order valence-corrected chi connectivity index (χ2v) is 8.64. The van der Waals surface area contributed by atoms with Gasteiger partial charge in [0, 0.05) is 16.3 Å². The topological polar surface area (TPSA) is 75.9 Å². The molecule has 1 aliphatic rings. The van der Waals surface area contributed by atoms with E-state index in [9.17, 15) is 4.79 Å². The van der Waals surface area contributed by atoms with Crippen LogP contribution in [-0.2, 0) is 4.79 Å². The third kappa shape index (κ3) is 3.97. The second kappa shape index (κ2) is 8.84. The zero-order valence-corrected chi connectivity index (χ0v) is 18.4. The van der Waals surface area contributed by atoms with E-state index in [2.05, 4.69) is 39.0 Å². The Bertz CT molecular complexity index is 1230. The predicted molar refractivity (Wildman–Crippen MR) is 126 cm³/mol. The highest BCUT2D eigenvalue weighted by Crippen LogP contribution is 2.43. The summed E-state index contributed by atoms with van der Waals surface area (Å²) in [5.74, 6) is 0.862. The Morgan fingerprint density at radius 1 is 1.06 bits per heavy atom. The number of aromatic nitrogens is 4. The monoisotopic (exact) mass is 442 g/mol. The summed E-state index contributed by atoms with van der Waals surface area (Å²) in [5.41, 5.74) is 4.90. The average Bonchev–Trinajstić information content (AvgIpc) is 3.37. The molecule has 5 rings (SSSR count). The van der Waals surface area contributed by atoms with E-state index in [1.165, 1.54) is 0 Å². The van der Waals surface area contributed by atoms with Gasteiger partial charge in [0.2, 0.25) is 5.91 Å². The SMILES string of the molecule is Cc1cc(NCC(=O)N2c3ccccc3SCC2c2ccccc2)ccc1-n1cnnn1. The molecule has 7 nitrogen and oxygen atoms in total. The molecule has 3 aromatic carbocycles. The minimum absolute atomic E-state index is 0.00525. The average molecular weight is 443 g/mol. The van der Waals surface area contributed by atoms with Crippen LogP contribution in [0.1, 0.15) is 17.2 Å². The number of tetrazole rings is 1. The Kier molecular flexibility index (Phi) is 5.60. The lowest BCUT2D eigenvalue weighted by atomic mass is 10.1. The lowest BCUT2D eigenvalue weighted by Crippen LogP contribution is -2.41. The number of nitrogens with one attached hydrogen (secondary N) is 1. The van der Waals surface area contributed by atoms with Gasteiger partial charge in [0.15, 0.2) is 0 Å². The molecule has 1 aliphatic heterocycles. The number of para-hydroxylation sites is 1. The van der Waals surface area contributed by atoms with Crippen LogP contribution in [-0.4, -0.2) is 38.4 Å². The Hall–Kier alpha value is -3.65. The quantitative estimate of drug-likeness (QED) is 0.498. The van der Waals surface area contributed by atoms with Gasteiger partial charge in [0.05, 0.1) is 24.0 Å². The summed E-state index contributed by atoms with van der Waals surface area (Å²) >= 11 is 1.80. The van der Waals surface area contributed by atoms with E-state index in [4.69, 9.17) is 0 Å². The molecule has 0 radical (unpaired) electrons. The molecule has 1 atom stereocenters. The molecule has 2 heterocycles. The van der Waals surface area contributed by atoms with E-state index >= 15 is 0 Å². The molecule has 4 aromatic rings. The number of anilines is 2. The number of rotatable bonds is 5. The molecular formula is C24H22N6OS. The van der Waals surface area contributed by atoms with Gasteiger partial charge in [-0.15, -0.1) is 16.9 Å². The molecule has 8 heteroatoms. The Labute approximate surface area is 190 Å². The number of benzene rings is 3. The molecule has 160 valence electrons. The highest BCUT2D eigenvalue weighted by atomic mass is 32.2. The van der Waals surface area contributed by atoms with Crippen molar-refractivity contribution in [1.82, 2.24) is 20.2 Å². The smallest absolute Gasteiger partial charge is 0.246 e. The number of carbonyl (C=O) groups is 1. The largest absolute Gasteiger partial charge is 0.376 e. The van der Waals surface area contributed by atoms with Crippen molar-refractivity contribution in [3.05, 3.63) is 90.3 Å². The van der Waals surface area contributed by atoms with Crippen LogP contribution in [0.2, 0.25) is 0 Å². The van der Waals surface area contributed by atoms with Gasteiger partial charge in [0.25, 0.3) is 0 Å². The third-order valence-corrected chi connectivity index (χ3v) is 6.66. The van der Waals surface area contributed by atoms with E-state index in [-0.39, 0.29) is 18.5 Å². The van der Waals surface area contributed by atoms with Crippen LogP contribution in [0.5, 0.6) is 0 Å². The maximum Gasteiger partial charge on any atom is 0.246 e. The molecule has 0 saturated heterocycles. The van der Waals surface area contributed by atoms with Crippen LogP contribution in [0.4, 0.5) is 11.4 Å². The maximum absolute atomic E-state index is 13.5. The first-order valence-corrected chi connectivity index (χ1v) is 11.4. The normalized spacial score (nSPS) is 15.3. The van der Waals surface area contributed by atoms with E-state index in [0.29, 0.717) is 0 Å². The molecule has 0 bridgehead atoms. The Balaban J connectivity index is 1.38. The number of thioether (sulfide) groups is 1. The molecule has 0 saturated carbocycles. The molecule has 1 amide bonds. The molecule has 1 unspecified atom stereocenters. The second-order valence-electron chi connectivity index (χ2n) is 7.58. The van der Waals surface area contributed by atoms with Crippen molar-refractivity contribution < 1.29 is 4.79 Å². The van der Waals surface area contributed by atoms with Crippen molar-refractivity contribution in [2.75, 3.05) is 22.5 Å². The minimum Gasteiger partial charge on any atom is -0.376 e. The van der Waals surface area contributed by atoms with Gasteiger partial charge in [-0.2, -0.15) is 0 Å². The number of amides is 1. The first-order chi connectivity index (χ1) is 15.7. The maximum atomic E-state index is 13.5. The van der Waals surface area contributed by atoms with Gasteiger partial charge >= 0.3 is 0 Å². The van der Waals surface area contributed by atoms with Crippen LogP contribution < -0.4 is 10.2 Å². The number of nitrogens with zero attached hydrogens (tertiary/aromatic N) is 5. The van der Waals surface area contributed by atoms with Crippen molar-refractivity contribution in [1.29, 1.82) is 0 Å². The molecule has 0 aliphatic carbocycles. The van der Waals surface area contributed by atoms with Gasteiger partial charge in [-0.25, -0.2) is 4.68 Å². The highest BCUT2D eigenvalue weighted by Gasteiger charge is 2.32. The third-order valence-electron chi connectivity index (χ3n) is 5.52. The van der Waals surface area contributed by atoms with Gasteiger partial charge in [-0.3, -0.25) is 4.79 Å². The number of carbonyl (C=O) groups excluding carboxylic acids is 1. The first kappa shape index (κ1) is 20.3. The standard InChI is InChI=1S/C24H22N6OS/c1-17-13-19(11-12-20(17)29-16-26-27-28-29)25-14-24(31)30-21-9-5-6-10-23(21)32-15-22(30)18-7-3-2-4-8-18/h2-13,16,22,25H,14-15H2,1H3. The minimum atomic E-state index is -0.00525. The molecular weight excluding hydrogens is 420 g/mol. The van der Waals surface area contributed by atoms with Gasteiger partial charge in [-0.05, 0) is 58.8 Å². The summed E-state index contributed by atoms with van der Waals surface area (Å²) in [6, 6.07) is 24.2. The van der Waals surface area contributed by atoms with Crippen LogP contribution in [0.15, 0.2) is 84.0 Å². The summed E-state index contributed by atoms with van der Waals surface area (Å²) in [6.07, 6.45) is 1.56. The fourth-order valence-electron chi connectivity index (χ4n) is 3.98. The lowest BCUT2D eigenvalue weighted by molar-refractivity contribution is -0.117. The van der Waals surface area contributed by atoms with Crippen molar-refractivity contribution in [2.45, 2.75) is 17.9 Å². The first-order valence-electron chi connectivity index (χ1n) is 10.4. The number of hydrogen-bond acceptors (Lipinski definition) is 6. The van der Waals surface area contributed by atoms with Crippen molar-refractivity contribution in [2.24, 2.45) is 0 Å². The predicted octanol–water partition coefficient (Wildman–Crippen LogP) is 4.26. The van der Waals surface area contributed by atoms with E-state index in [1.54, 1.807) is 22.8 Å². The Morgan fingerprint density at radius 3 is 2.66 bits per heavy atom. The van der Waals surface area contributed by atoms with Crippen LogP contribution in [0, 0.1) is 6.92 Å². The van der Waals surface area contributed by atoms with E-state index in [1.807, 2.05) is 66.4 Å².